The van der Waals surface area contributed by atoms with Crippen LogP contribution in [0.1, 0.15) is 34.1 Å². The molecule has 0 bridgehead atoms. The molecule has 5 heteroatoms. The zero-order valence-electron chi connectivity index (χ0n) is 14.1. The molecule has 0 unspecified atom stereocenters. The quantitative estimate of drug-likeness (QED) is 0.731. The molecule has 0 aromatic heterocycles. The third-order valence-corrected chi connectivity index (χ3v) is 4.60. The van der Waals surface area contributed by atoms with Crippen LogP contribution < -0.4 is 0 Å². The van der Waals surface area contributed by atoms with E-state index in [1.165, 1.54) is 0 Å². The molecule has 2 rings (SSSR count). The highest BCUT2D eigenvalue weighted by atomic mass is 16.2. The van der Waals surface area contributed by atoms with Gasteiger partial charge in [-0.05, 0) is 39.8 Å². The minimum absolute atomic E-state index is 0.0664. The highest BCUT2D eigenvalue weighted by Crippen LogP contribution is 2.39. The van der Waals surface area contributed by atoms with E-state index in [0.29, 0.717) is 12.5 Å². The molecular weight excluding hydrogens is 266 g/mol. The molecule has 2 amide bonds. The average Bonchev–Trinajstić information content (AvgIpc) is 2.74. The molecule has 2 aliphatic heterocycles. The van der Waals surface area contributed by atoms with Crippen molar-refractivity contribution in [3.05, 3.63) is 0 Å². The molecule has 0 N–H and O–H groups in total. The topological polar surface area (TPSA) is 43.9 Å². The second kappa shape index (κ2) is 5.95. The zero-order chi connectivity index (χ0) is 15.8. The Hall–Kier alpha value is -1.10. The number of carbonyl (C=O) groups excluding carboxylic acids is 2. The van der Waals surface area contributed by atoms with Gasteiger partial charge in [-0.2, -0.15) is 0 Å². The lowest BCUT2D eigenvalue weighted by Gasteiger charge is -2.48. The number of hydrogen-bond donors (Lipinski definition) is 0. The lowest BCUT2D eigenvalue weighted by atomic mass is 9.79. The first-order valence-electron chi connectivity index (χ1n) is 8.02. The minimum Gasteiger partial charge on any atom is -0.333 e. The fraction of sp³-hybridized carbons (Fsp3) is 0.875. The number of rotatable bonds is 3. The van der Waals surface area contributed by atoms with Gasteiger partial charge in [-0.15, -0.1) is 0 Å². The maximum Gasteiger partial charge on any atom is 0.312 e. The van der Waals surface area contributed by atoms with E-state index in [2.05, 4.69) is 25.8 Å². The number of amides is 2. The molecule has 5 nitrogen and oxygen atoms in total. The average molecular weight is 295 g/mol. The van der Waals surface area contributed by atoms with Gasteiger partial charge in [0.2, 0.25) is 0 Å². The molecule has 2 heterocycles. The normalized spacial score (nSPS) is 21.2. The van der Waals surface area contributed by atoms with E-state index >= 15 is 0 Å². The molecular formula is C16H29N3O2. The van der Waals surface area contributed by atoms with Gasteiger partial charge in [0.1, 0.15) is 0 Å². The Bertz CT molecular complexity index is 414. The van der Waals surface area contributed by atoms with Crippen molar-refractivity contribution in [1.29, 1.82) is 0 Å². The minimum atomic E-state index is -0.333. The van der Waals surface area contributed by atoms with E-state index in [-0.39, 0.29) is 23.3 Å². The van der Waals surface area contributed by atoms with Crippen LogP contribution in [0.4, 0.5) is 0 Å². The fourth-order valence-corrected chi connectivity index (χ4v) is 3.50. The van der Waals surface area contributed by atoms with E-state index in [1.807, 2.05) is 13.8 Å². The van der Waals surface area contributed by atoms with Crippen molar-refractivity contribution in [2.45, 2.75) is 40.2 Å². The van der Waals surface area contributed by atoms with Crippen molar-refractivity contribution in [2.24, 2.45) is 11.3 Å². The Morgan fingerprint density at radius 2 is 1.76 bits per heavy atom. The zero-order valence-corrected chi connectivity index (χ0v) is 14.1. The predicted molar refractivity (Wildman–Crippen MR) is 82.8 cm³/mol. The fourth-order valence-electron chi connectivity index (χ4n) is 3.50. The molecule has 2 fully saturated rings. The first-order chi connectivity index (χ1) is 9.74. The van der Waals surface area contributed by atoms with Crippen molar-refractivity contribution in [3.8, 4) is 0 Å². The van der Waals surface area contributed by atoms with E-state index in [9.17, 15) is 9.59 Å². The number of carbonyl (C=O) groups is 2. The number of nitrogens with zero attached hydrogens (tertiary/aromatic N) is 3. The van der Waals surface area contributed by atoms with Gasteiger partial charge < -0.3 is 14.7 Å². The maximum atomic E-state index is 12.4. The van der Waals surface area contributed by atoms with Crippen molar-refractivity contribution in [1.82, 2.24) is 14.7 Å². The lowest BCUT2D eigenvalue weighted by molar-refractivity contribution is -0.160. The molecule has 1 spiro atoms. The van der Waals surface area contributed by atoms with Crippen molar-refractivity contribution >= 4 is 11.8 Å². The Kier molecular flexibility index (Phi) is 4.61. The molecule has 0 aromatic carbocycles. The van der Waals surface area contributed by atoms with Crippen LogP contribution in [0.3, 0.4) is 0 Å². The summed E-state index contributed by atoms with van der Waals surface area (Å²) in [5.41, 5.74) is 0.255. The molecule has 0 saturated carbocycles. The molecule has 0 atom stereocenters. The molecule has 120 valence electrons. The molecule has 2 aliphatic rings. The Labute approximate surface area is 128 Å². The van der Waals surface area contributed by atoms with Gasteiger partial charge in [-0.1, -0.05) is 13.8 Å². The third-order valence-electron chi connectivity index (χ3n) is 4.60. The first-order valence-corrected chi connectivity index (χ1v) is 8.02. The van der Waals surface area contributed by atoms with Gasteiger partial charge in [0, 0.05) is 37.6 Å². The highest BCUT2D eigenvalue weighted by Gasteiger charge is 2.49. The molecule has 0 radical (unpaired) electrons. The van der Waals surface area contributed by atoms with Crippen LogP contribution in [-0.2, 0) is 9.59 Å². The summed E-state index contributed by atoms with van der Waals surface area (Å²) >= 11 is 0. The highest BCUT2D eigenvalue weighted by molar-refractivity contribution is 6.35. The van der Waals surface area contributed by atoms with Gasteiger partial charge >= 0.3 is 11.8 Å². The van der Waals surface area contributed by atoms with Crippen molar-refractivity contribution in [2.75, 3.05) is 39.8 Å². The van der Waals surface area contributed by atoms with Crippen molar-refractivity contribution in [3.63, 3.8) is 0 Å². The smallest absolute Gasteiger partial charge is 0.312 e. The summed E-state index contributed by atoms with van der Waals surface area (Å²) in [4.78, 5) is 30.6. The summed E-state index contributed by atoms with van der Waals surface area (Å²) in [7, 11) is 2.12. The SMILES string of the molecule is CC(C)CN(C(=O)C(=O)N1CC2(CCN(C)C2)C1)C(C)C. The van der Waals surface area contributed by atoms with E-state index in [1.54, 1.807) is 9.80 Å². The van der Waals surface area contributed by atoms with Crippen LogP contribution in [-0.4, -0.2) is 72.3 Å². The third kappa shape index (κ3) is 3.39. The Morgan fingerprint density at radius 1 is 1.14 bits per heavy atom. The summed E-state index contributed by atoms with van der Waals surface area (Å²) < 4.78 is 0. The van der Waals surface area contributed by atoms with Gasteiger partial charge in [0.15, 0.2) is 0 Å². The molecule has 21 heavy (non-hydrogen) atoms. The van der Waals surface area contributed by atoms with Crippen LogP contribution in [0, 0.1) is 11.3 Å². The molecule has 0 aliphatic carbocycles. The van der Waals surface area contributed by atoms with Gasteiger partial charge in [-0.25, -0.2) is 0 Å². The van der Waals surface area contributed by atoms with E-state index < -0.39 is 0 Å². The van der Waals surface area contributed by atoms with Gasteiger partial charge in [0.25, 0.3) is 0 Å². The summed E-state index contributed by atoms with van der Waals surface area (Å²) in [5.74, 6) is -0.278. The van der Waals surface area contributed by atoms with Crippen LogP contribution >= 0.6 is 0 Å². The van der Waals surface area contributed by atoms with Crippen LogP contribution in [0.5, 0.6) is 0 Å². The number of likely N-dealkylation sites (tertiary alicyclic amines) is 2. The summed E-state index contributed by atoms with van der Waals surface area (Å²) in [6, 6.07) is 0.0664. The first kappa shape index (κ1) is 16.3. The summed E-state index contributed by atoms with van der Waals surface area (Å²) in [5, 5.41) is 0. The predicted octanol–water partition coefficient (Wildman–Crippen LogP) is 1.04. The Morgan fingerprint density at radius 3 is 2.19 bits per heavy atom. The van der Waals surface area contributed by atoms with Gasteiger partial charge in [0.05, 0.1) is 0 Å². The van der Waals surface area contributed by atoms with Crippen molar-refractivity contribution < 1.29 is 9.59 Å². The molecule has 2 saturated heterocycles. The van der Waals surface area contributed by atoms with E-state index in [4.69, 9.17) is 0 Å². The second-order valence-corrected chi connectivity index (χ2v) is 7.59. The summed E-state index contributed by atoms with van der Waals surface area (Å²) in [6.45, 7) is 12.4. The number of hydrogen-bond acceptors (Lipinski definition) is 3. The van der Waals surface area contributed by atoms with Crippen LogP contribution in [0.25, 0.3) is 0 Å². The molecule has 0 aromatic rings. The largest absolute Gasteiger partial charge is 0.333 e. The van der Waals surface area contributed by atoms with Crippen LogP contribution in [0.2, 0.25) is 0 Å². The second-order valence-electron chi connectivity index (χ2n) is 7.59. The Balaban J connectivity index is 1.93. The standard InChI is InChI=1S/C16H29N3O2/c1-12(2)8-19(13(3)4)15(21)14(20)18-10-16(11-18)6-7-17(5)9-16/h12-13H,6-11H2,1-5H3. The van der Waals surface area contributed by atoms with Gasteiger partial charge in [-0.3, -0.25) is 9.59 Å². The lowest BCUT2D eigenvalue weighted by Crippen LogP contribution is -2.62. The monoisotopic (exact) mass is 295 g/mol. The summed E-state index contributed by atoms with van der Waals surface area (Å²) in [6.07, 6.45) is 1.14. The van der Waals surface area contributed by atoms with E-state index in [0.717, 1.165) is 32.6 Å². The van der Waals surface area contributed by atoms with Crippen LogP contribution in [0.15, 0.2) is 0 Å². The maximum absolute atomic E-state index is 12.4.